The van der Waals surface area contributed by atoms with Crippen molar-refractivity contribution >= 4 is 10.8 Å². The first kappa shape index (κ1) is 11.7. The number of nitrogens with zero attached hydrogens (tertiary/aromatic N) is 1. The molecule has 2 unspecified atom stereocenters. The van der Waals surface area contributed by atoms with Gasteiger partial charge in [0.05, 0.1) is 0 Å². The van der Waals surface area contributed by atoms with Crippen LogP contribution in [0, 0.1) is 5.92 Å². The summed E-state index contributed by atoms with van der Waals surface area (Å²) in [6.07, 6.45) is 9.09. The average Bonchev–Trinajstić information content (AvgIpc) is 2.46. The van der Waals surface area contributed by atoms with Gasteiger partial charge in [-0.25, -0.2) is 0 Å². The smallest absolute Gasteiger partial charge is 0.0349 e. The molecule has 18 heavy (non-hydrogen) atoms. The van der Waals surface area contributed by atoms with Crippen LogP contribution in [-0.2, 0) is 0 Å². The predicted octanol–water partition coefficient (Wildman–Crippen LogP) is 3.47. The van der Waals surface area contributed by atoms with Gasteiger partial charge in [-0.3, -0.25) is 4.98 Å². The Morgan fingerprint density at radius 3 is 2.94 bits per heavy atom. The SMILES string of the molecule is NCC1CCCCC1c1cccc2ccncc12. The van der Waals surface area contributed by atoms with Crippen LogP contribution in [0.3, 0.4) is 0 Å². The number of rotatable bonds is 2. The summed E-state index contributed by atoms with van der Waals surface area (Å²) in [6.45, 7) is 0.807. The van der Waals surface area contributed by atoms with E-state index in [-0.39, 0.29) is 0 Å². The zero-order valence-corrected chi connectivity index (χ0v) is 10.7. The average molecular weight is 240 g/mol. The van der Waals surface area contributed by atoms with Crippen LogP contribution < -0.4 is 5.73 Å². The minimum absolute atomic E-state index is 0.622. The van der Waals surface area contributed by atoms with Crippen LogP contribution in [-0.4, -0.2) is 11.5 Å². The minimum Gasteiger partial charge on any atom is -0.330 e. The molecule has 0 aliphatic heterocycles. The van der Waals surface area contributed by atoms with Gasteiger partial charge in [-0.15, -0.1) is 0 Å². The van der Waals surface area contributed by atoms with E-state index in [4.69, 9.17) is 5.73 Å². The predicted molar refractivity (Wildman–Crippen MR) is 75.5 cm³/mol. The van der Waals surface area contributed by atoms with Crippen LogP contribution in [0.25, 0.3) is 10.8 Å². The highest BCUT2D eigenvalue weighted by molar-refractivity contribution is 5.85. The number of aromatic nitrogens is 1. The molecule has 2 heteroatoms. The summed E-state index contributed by atoms with van der Waals surface area (Å²) in [4.78, 5) is 4.29. The third kappa shape index (κ3) is 2.01. The van der Waals surface area contributed by atoms with Crippen LogP contribution in [0.2, 0.25) is 0 Å². The molecule has 2 nitrogen and oxygen atoms in total. The molecule has 1 saturated carbocycles. The Kier molecular flexibility index (Phi) is 3.28. The Bertz CT molecular complexity index is 530. The molecule has 2 N–H and O–H groups in total. The van der Waals surface area contributed by atoms with Crippen LogP contribution in [0.15, 0.2) is 36.7 Å². The van der Waals surface area contributed by atoms with Gasteiger partial charge in [0.1, 0.15) is 0 Å². The molecule has 0 amide bonds. The fourth-order valence-electron chi connectivity index (χ4n) is 3.36. The Hall–Kier alpha value is -1.41. The molecule has 1 heterocycles. The third-order valence-electron chi connectivity index (χ3n) is 4.33. The van der Waals surface area contributed by atoms with E-state index in [0.29, 0.717) is 11.8 Å². The fraction of sp³-hybridized carbons (Fsp3) is 0.438. The number of benzene rings is 1. The van der Waals surface area contributed by atoms with Crippen LogP contribution in [0.4, 0.5) is 0 Å². The maximum Gasteiger partial charge on any atom is 0.0349 e. The first-order chi connectivity index (χ1) is 8.90. The number of pyridine rings is 1. The quantitative estimate of drug-likeness (QED) is 0.873. The van der Waals surface area contributed by atoms with E-state index < -0.39 is 0 Å². The van der Waals surface area contributed by atoms with Crippen molar-refractivity contribution in [1.29, 1.82) is 0 Å². The Balaban J connectivity index is 2.07. The molecule has 1 aromatic carbocycles. The standard InChI is InChI=1S/C16H20N2/c17-10-13-4-1-2-6-14(13)15-7-3-5-12-8-9-18-11-16(12)15/h3,5,7-9,11,13-14H,1-2,4,6,10,17H2. The van der Waals surface area contributed by atoms with E-state index in [1.165, 1.54) is 42.0 Å². The molecule has 1 aliphatic rings. The lowest BCUT2D eigenvalue weighted by Gasteiger charge is -2.31. The first-order valence-electron chi connectivity index (χ1n) is 6.93. The molecule has 1 fully saturated rings. The van der Waals surface area contributed by atoms with E-state index >= 15 is 0 Å². The maximum absolute atomic E-state index is 5.96. The summed E-state index contributed by atoms with van der Waals surface area (Å²) in [6, 6.07) is 8.70. The summed E-state index contributed by atoms with van der Waals surface area (Å²) >= 11 is 0. The molecule has 0 bridgehead atoms. The lowest BCUT2D eigenvalue weighted by molar-refractivity contribution is 0.316. The van der Waals surface area contributed by atoms with Crippen molar-refractivity contribution in [2.45, 2.75) is 31.6 Å². The second-order valence-electron chi connectivity index (χ2n) is 5.33. The van der Waals surface area contributed by atoms with Crippen molar-refractivity contribution in [3.63, 3.8) is 0 Å². The summed E-state index contributed by atoms with van der Waals surface area (Å²) in [5.74, 6) is 1.27. The lowest BCUT2D eigenvalue weighted by Crippen LogP contribution is -2.25. The Morgan fingerprint density at radius 1 is 1.17 bits per heavy atom. The first-order valence-corrected chi connectivity index (χ1v) is 6.93. The van der Waals surface area contributed by atoms with E-state index in [2.05, 4.69) is 29.2 Å². The Morgan fingerprint density at radius 2 is 2.06 bits per heavy atom. The third-order valence-corrected chi connectivity index (χ3v) is 4.33. The number of hydrogen-bond acceptors (Lipinski definition) is 2. The van der Waals surface area contributed by atoms with Crippen LogP contribution in [0.1, 0.15) is 37.2 Å². The molecule has 1 aliphatic carbocycles. The zero-order valence-electron chi connectivity index (χ0n) is 10.7. The fourth-order valence-corrected chi connectivity index (χ4v) is 3.36. The van der Waals surface area contributed by atoms with Gasteiger partial charge >= 0.3 is 0 Å². The molecule has 2 aromatic rings. The molecule has 2 atom stereocenters. The monoisotopic (exact) mass is 240 g/mol. The second kappa shape index (κ2) is 5.07. The minimum atomic E-state index is 0.622. The molecular formula is C16H20N2. The highest BCUT2D eigenvalue weighted by Gasteiger charge is 2.26. The highest BCUT2D eigenvalue weighted by atomic mass is 14.6. The molecule has 94 valence electrons. The molecule has 0 radical (unpaired) electrons. The summed E-state index contributed by atoms with van der Waals surface area (Å²) in [5.41, 5.74) is 7.41. The van der Waals surface area contributed by atoms with Crippen molar-refractivity contribution in [3.05, 3.63) is 42.2 Å². The van der Waals surface area contributed by atoms with Crippen LogP contribution in [0.5, 0.6) is 0 Å². The molecular weight excluding hydrogens is 220 g/mol. The maximum atomic E-state index is 5.96. The largest absolute Gasteiger partial charge is 0.330 e. The van der Waals surface area contributed by atoms with Crippen molar-refractivity contribution in [2.75, 3.05) is 6.54 Å². The molecule has 0 spiro atoms. The van der Waals surface area contributed by atoms with Crippen molar-refractivity contribution in [1.82, 2.24) is 4.98 Å². The van der Waals surface area contributed by atoms with E-state index in [9.17, 15) is 0 Å². The topological polar surface area (TPSA) is 38.9 Å². The van der Waals surface area contributed by atoms with Gasteiger partial charge in [-0.2, -0.15) is 0 Å². The van der Waals surface area contributed by atoms with Crippen LogP contribution >= 0.6 is 0 Å². The van der Waals surface area contributed by atoms with Gasteiger partial charge in [0.2, 0.25) is 0 Å². The zero-order chi connectivity index (χ0) is 12.4. The molecule has 0 saturated heterocycles. The van der Waals surface area contributed by atoms with Crippen molar-refractivity contribution in [3.8, 4) is 0 Å². The normalized spacial score (nSPS) is 24.3. The number of fused-ring (bicyclic) bond motifs is 1. The Labute approximate surface area is 108 Å². The van der Waals surface area contributed by atoms with E-state index in [0.717, 1.165) is 6.54 Å². The molecule has 3 rings (SSSR count). The van der Waals surface area contributed by atoms with E-state index in [1.54, 1.807) is 0 Å². The second-order valence-corrected chi connectivity index (χ2v) is 5.33. The highest BCUT2D eigenvalue weighted by Crippen LogP contribution is 2.39. The summed E-state index contributed by atoms with van der Waals surface area (Å²) in [7, 11) is 0. The van der Waals surface area contributed by atoms with Crippen molar-refractivity contribution in [2.24, 2.45) is 11.7 Å². The summed E-state index contributed by atoms with van der Waals surface area (Å²) in [5, 5.41) is 2.61. The number of hydrogen-bond donors (Lipinski definition) is 1. The summed E-state index contributed by atoms with van der Waals surface area (Å²) < 4.78 is 0. The number of nitrogens with two attached hydrogens (primary N) is 1. The lowest BCUT2D eigenvalue weighted by atomic mass is 9.74. The van der Waals surface area contributed by atoms with Gasteiger partial charge in [0, 0.05) is 17.8 Å². The van der Waals surface area contributed by atoms with Gasteiger partial charge in [-0.1, -0.05) is 31.0 Å². The van der Waals surface area contributed by atoms with Gasteiger partial charge in [0.25, 0.3) is 0 Å². The molecule has 1 aromatic heterocycles. The van der Waals surface area contributed by atoms with E-state index in [1.807, 2.05) is 12.4 Å². The van der Waals surface area contributed by atoms with Gasteiger partial charge in [0.15, 0.2) is 0 Å². The van der Waals surface area contributed by atoms with Gasteiger partial charge in [-0.05, 0) is 48.2 Å². The van der Waals surface area contributed by atoms with Crippen molar-refractivity contribution < 1.29 is 0 Å². The van der Waals surface area contributed by atoms with Gasteiger partial charge < -0.3 is 5.73 Å².